The second-order valence-corrected chi connectivity index (χ2v) is 8.76. The highest BCUT2D eigenvalue weighted by molar-refractivity contribution is 7.54. The second-order valence-electron chi connectivity index (χ2n) is 5.91. The Labute approximate surface area is 167 Å². The maximum atomic E-state index is 13.3. The summed E-state index contributed by atoms with van der Waals surface area (Å²) in [5, 5.41) is 12.5. The summed E-state index contributed by atoms with van der Waals surface area (Å²) < 4.78 is 24.6. The summed E-state index contributed by atoms with van der Waals surface area (Å²) >= 11 is 12.0. The van der Waals surface area contributed by atoms with Gasteiger partial charge in [-0.2, -0.15) is 0 Å². The molecule has 27 heavy (non-hydrogen) atoms. The van der Waals surface area contributed by atoms with Gasteiger partial charge in [-0.25, -0.2) is 4.57 Å². The molecule has 2 rings (SSSR count). The number of hydrogen-bond donors (Lipinski definition) is 2. The average molecular weight is 432 g/mol. The van der Waals surface area contributed by atoms with E-state index in [1.54, 1.807) is 50.2 Å². The van der Waals surface area contributed by atoms with Crippen LogP contribution in [0.15, 0.2) is 36.4 Å². The standard InChI is InChI=1S/C18H20Cl2NO5P/c1-12-9-14(3-5-16(12)19)25-27(24,8-7-21-11-18(22)23)26-15-4-6-17(20)13(2)10-15/h3-6,9-10,21H,7-8,11H2,1-2H3,(H,22,23). The Balaban J connectivity index is 2.20. The molecule has 0 fully saturated rings. The largest absolute Gasteiger partial charge is 0.480 e. The number of rotatable bonds is 9. The van der Waals surface area contributed by atoms with Crippen LogP contribution in [0.2, 0.25) is 10.0 Å². The van der Waals surface area contributed by atoms with Crippen molar-refractivity contribution in [2.75, 3.05) is 19.3 Å². The molecule has 0 aliphatic rings. The molecule has 146 valence electrons. The van der Waals surface area contributed by atoms with E-state index in [0.717, 1.165) is 11.1 Å². The lowest BCUT2D eigenvalue weighted by atomic mass is 10.2. The van der Waals surface area contributed by atoms with Crippen molar-refractivity contribution in [3.8, 4) is 11.5 Å². The molecule has 2 aromatic carbocycles. The van der Waals surface area contributed by atoms with E-state index in [1.165, 1.54) is 0 Å². The predicted molar refractivity (Wildman–Crippen MR) is 107 cm³/mol. The van der Waals surface area contributed by atoms with E-state index >= 15 is 0 Å². The zero-order valence-electron chi connectivity index (χ0n) is 14.9. The molecule has 0 saturated heterocycles. The number of carboxylic acids is 1. The Kier molecular flexibility index (Phi) is 7.57. The third kappa shape index (κ3) is 6.74. The fourth-order valence-electron chi connectivity index (χ4n) is 2.19. The molecule has 0 aliphatic heterocycles. The molecular formula is C18H20Cl2NO5P. The van der Waals surface area contributed by atoms with E-state index in [-0.39, 0.29) is 19.3 Å². The van der Waals surface area contributed by atoms with Crippen molar-refractivity contribution in [3.63, 3.8) is 0 Å². The lowest BCUT2D eigenvalue weighted by Gasteiger charge is -2.21. The third-order valence-corrected chi connectivity index (χ3v) is 6.18. The monoisotopic (exact) mass is 431 g/mol. The number of benzene rings is 2. The zero-order chi connectivity index (χ0) is 20.0. The number of nitrogens with one attached hydrogen (secondary N) is 1. The minimum atomic E-state index is -3.63. The molecule has 0 unspecified atom stereocenters. The van der Waals surface area contributed by atoms with Crippen molar-refractivity contribution < 1.29 is 23.5 Å². The number of hydrogen-bond acceptors (Lipinski definition) is 5. The fraction of sp³-hybridized carbons (Fsp3) is 0.278. The van der Waals surface area contributed by atoms with Gasteiger partial charge in [-0.15, -0.1) is 0 Å². The van der Waals surface area contributed by atoms with E-state index in [2.05, 4.69) is 5.32 Å². The maximum Gasteiger partial charge on any atom is 0.431 e. The lowest BCUT2D eigenvalue weighted by Crippen LogP contribution is -2.26. The summed E-state index contributed by atoms with van der Waals surface area (Å²) in [5.41, 5.74) is 1.54. The van der Waals surface area contributed by atoms with Gasteiger partial charge in [0.1, 0.15) is 11.5 Å². The molecule has 0 spiro atoms. The molecule has 6 nitrogen and oxygen atoms in total. The van der Waals surface area contributed by atoms with Crippen LogP contribution in [0.5, 0.6) is 11.5 Å². The number of halogens is 2. The van der Waals surface area contributed by atoms with Crippen molar-refractivity contribution in [1.82, 2.24) is 5.32 Å². The summed E-state index contributed by atoms with van der Waals surface area (Å²) in [6.07, 6.45) is -0.0242. The van der Waals surface area contributed by atoms with E-state index in [4.69, 9.17) is 37.4 Å². The van der Waals surface area contributed by atoms with Gasteiger partial charge < -0.3 is 19.5 Å². The first-order valence-electron chi connectivity index (χ1n) is 8.11. The van der Waals surface area contributed by atoms with Gasteiger partial charge in [0.05, 0.1) is 12.7 Å². The van der Waals surface area contributed by atoms with E-state index in [1.807, 2.05) is 0 Å². The number of aryl methyl sites for hydroxylation is 2. The number of aliphatic carboxylic acids is 1. The maximum absolute atomic E-state index is 13.3. The number of carboxylic acid groups (broad SMARTS) is 1. The van der Waals surface area contributed by atoms with Crippen LogP contribution in [0.4, 0.5) is 0 Å². The molecule has 0 radical (unpaired) electrons. The highest BCUT2D eigenvalue weighted by Gasteiger charge is 2.28. The average Bonchev–Trinajstić information content (AvgIpc) is 2.58. The van der Waals surface area contributed by atoms with Crippen molar-refractivity contribution in [2.24, 2.45) is 0 Å². The molecule has 0 bridgehead atoms. The van der Waals surface area contributed by atoms with Crippen LogP contribution in [0, 0.1) is 13.8 Å². The normalized spacial score (nSPS) is 11.3. The van der Waals surface area contributed by atoms with E-state index in [0.29, 0.717) is 21.5 Å². The Morgan fingerprint density at radius 2 is 1.52 bits per heavy atom. The molecular weight excluding hydrogens is 412 g/mol. The SMILES string of the molecule is Cc1cc(OP(=O)(CCNCC(=O)O)Oc2ccc(Cl)c(C)c2)ccc1Cl. The molecule has 9 heteroatoms. The Hall–Kier alpha value is -1.72. The highest BCUT2D eigenvalue weighted by Crippen LogP contribution is 2.48. The van der Waals surface area contributed by atoms with E-state index in [9.17, 15) is 9.36 Å². The minimum absolute atomic E-state index is 0.0242. The summed E-state index contributed by atoms with van der Waals surface area (Å²) in [7, 11) is -3.63. The highest BCUT2D eigenvalue weighted by atomic mass is 35.5. The van der Waals surface area contributed by atoms with E-state index < -0.39 is 13.6 Å². The summed E-state index contributed by atoms with van der Waals surface area (Å²) in [5.74, 6) is -0.304. The quantitative estimate of drug-likeness (QED) is 0.432. The predicted octanol–water partition coefficient (Wildman–Crippen LogP) is 4.94. The summed E-state index contributed by atoms with van der Waals surface area (Å²) in [6.45, 7) is 3.50. The first-order chi connectivity index (χ1) is 12.7. The van der Waals surface area contributed by atoms with Crippen LogP contribution in [-0.4, -0.2) is 30.3 Å². The Bertz CT molecular complexity index is 817. The van der Waals surface area contributed by atoms with Gasteiger partial charge in [0.25, 0.3) is 0 Å². The molecule has 0 saturated carbocycles. The molecule has 0 atom stereocenters. The molecule has 0 amide bonds. The minimum Gasteiger partial charge on any atom is -0.480 e. The Morgan fingerprint density at radius 3 is 1.93 bits per heavy atom. The molecule has 2 N–H and O–H groups in total. The van der Waals surface area contributed by atoms with Crippen molar-refractivity contribution in [2.45, 2.75) is 13.8 Å². The van der Waals surface area contributed by atoms with Crippen LogP contribution in [-0.2, 0) is 9.36 Å². The fourth-order valence-corrected chi connectivity index (χ4v) is 3.95. The summed E-state index contributed by atoms with van der Waals surface area (Å²) in [4.78, 5) is 10.6. The molecule has 0 aromatic heterocycles. The van der Waals surface area contributed by atoms with Crippen molar-refractivity contribution in [1.29, 1.82) is 0 Å². The summed E-state index contributed by atoms with van der Waals surface area (Å²) in [6, 6.07) is 9.82. The van der Waals surface area contributed by atoms with Crippen LogP contribution in [0.3, 0.4) is 0 Å². The topological polar surface area (TPSA) is 84.9 Å². The van der Waals surface area contributed by atoms with Crippen molar-refractivity contribution in [3.05, 3.63) is 57.6 Å². The van der Waals surface area contributed by atoms with Gasteiger partial charge in [0.15, 0.2) is 0 Å². The van der Waals surface area contributed by atoms with Crippen LogP contribution in [0.1, 0.15) is 11.1 Å². The van der Waals surface area contributed by atoms with Gasteiger partial charge in [0, 0.05) is 16.6 Å². The zero-order valence-corrected chi connectivity index (χ0v) is 17.3. The van der Waals surface area contributed by atoms with Gasteiger partial charge >= 0.3 is 13.6 Å². The van der Waals surface area contributed by atoms with Gasteiger partial charge in [-0.3, -0.25) is 4.79 Å². The van der Waals surface area contributed by atoms with Gasteiger partial charge in [0.2, 0.25) is 0 Å². The Morgan fingerprint density at radius 1 is 1.04 bits per heavy atom. The van der Waals surface area contributed by atoms with Crippen molar-refractivity contribution >= 4 is 36.8 Å². The third-order valence-electron chi connectivity index (χ3n) is 3.59. The van der Waals surface area contributed by atoms with Crippen LogP contribution >= 0.6 is 30.8 Å². The van der Waals surface area contributed by atoms with Gasteiger partial charge in [-0.05, 0) is 61.4 Å². The second kappa shape index (κ2) is 9.47. The lowest BCUT2D eigenvalue weighted by molar-refractivity contribution is -0.135. The first-order valence-corrected chi connectivity index (χ1v) is 10.6. The van der Waals surface area contributed by atoms with Gasteiger partial charge in [-0.1, -0.05) is 23.2 Å². The molecule has 0 aliphatic carbocycles. The number of carbonyl (C=O) groups is 1. The smallest absolute Gasteiger partial charge is 0.431 e. The molecule has 0 heterocycles. The van der Waals surface area contributed by atoms with Crippen LogP contribution < -0.4 is 14.4 Å². The first kappa shape index (κ1) is 21.6. The molecule has 2 aromatic rings. The van der Waals surface area contributed by atoms with Crippen LogP contribution in [0.25, 0.3) is 0 Å².